The van der Waals surface area contributed by atoms with Gasteiger partial charge in [-0.25, -0.2) is 0 Å². The van der Waals surface area contributed by atoms with Crippen LogP contribution in [0.15, 0.2) is 60.7 Å². The van der Waals surface area contributed by atoms with Crippen molar-refractivity contribution in [2.75, 3.05) is 0 Å². The molecule has 0 bridgehead atoms. The van der Waals surface area contributed by atoms with Crippen LogP contribution in [-0.2, 0) is 11.2 Å². The lowest BCUT2D eigenvalue weighted by Crippen LogP contribution is -2.11. The summed E-state index contributed by atoms with van der Waals surface area (Å²) < 4.78 is 5.54. The number of benzene rings is 3. The summed E-state index contributed by atoms with van der Waals surface area (Å²) in [5, 5.41) is 2.24. The summed E-state index contributed by atoms with van der Waals surface area (Å²) in [5.41, 5.74) is 3.43. The van der Waals surface area contributed by atoms with Crippen molar-refractivity contribution >= 4 is 16.7 Å². The molecule has 3 rings (SSSR count). The van der Waals surface area contributed by atoms with Crippen LogP contribution in [0.1, 0.15) is 36.5 Å². The molecule has 0 aliphatic carbocycles. The maximum absolute atomic E-state index is 12.3. The molecule has 0 aromatic heterocycles. The fourth-order valence-corrected chi connectivity index (χ4v) is 3.13. The van der Waals surface area contributed by atoms with Crippen molar-refractivity contribution in [2.45, 2.75) is 33.1 Å². The number of carbonyl (C=O) groups excluding carboxylic acids is 1. The highest BCUT2D eigenvalue weighted by atomic mass is 16.5. The molecule has 0 atom stereocenters. The van der Waals surface area contributed by atoms with Gasteiger partial charge in [-0.2, -0.15) is 0 Å². The molecule has 2 nitrogen and oxygen atoms in total. The molecule has 0 unspecified atom stereocenters. The number of rotatable bonds is 4. The average Bonchev–Trinajstić information content (AvgIpc) is 2.55. The van der Waals surface area contributed by atoms with Crippen LogP contribution < -0.4 is 4.74 Å². The van der Waals surface area contributed by atoms with Gasteiger partial charge in [-0.15, -0.1) is 0 Å². The van der Waals surface area contributed by atoms with E-state index in [-0.39, 0.29) is 12.4 Å². The van der Waals surface area contributed by atoms with Crippen molar-refractivity contribution in [1.29, 1.82) is 0 Å². The van der Waals surface area contributed by atoms with Crippen LogP contribution in [0.25, 0.3) is 10.8 Å². The lowest BCUT2D eigenvalue weighted by Gasteiger charge is -2.12. The number of hydrogen-bond donors (Lipinski definition) is 0. The minimum Gasteiger partial charge on any atom is -0.426 e. The van der Waals surface area contributed by atoms with E-state index in [1.54, 1.807) is 0 Å². The first kappa shape index (κ1) is 16.3. The lowest BCUT2D eigenvalue weighted by molar-refractivity contribution is -0.133. The molecule has 0 heterocycles. The van der Waals surface area contributed by atoms with E-state index in [0.29, 0.717) is 11.7 Å². The predicted molar refractivity (Wildman–Crippen MR) is 98.6 cm³/mol. The van der Waals surface area contributed by atoms with E-state index in [9.17, 15) is 4.79 Å². The second-order valence-electron chi connectivity index (χ2n) is 6.46. The second-order valence-corrected chi connectivity index (χ2v) is 6.46. The van der Waals surface area contributed by atoms with Gasteiger partial charge in [0.25, 0.3) is 0 Å². The Morgan fingerprint density at radius 1 is 1.00 bits per heavy atom. The predicted octanol–water partition coefficient (Wildman–Crippen LogP) is 5.42. The molecule has 0 aliphatic rings. The maximum atomic E-state index is 12.3. The maximum Gasteiger partial charge on any atom is 0.315 e. The van der Waals surface area contributed by atoms with Gasteiger partial charge in [0, 0.05) is 0 Å². The van der Waals surface area contributed by atoms with Gasteiger partial charge in [0.15, 0.2) is 0 Å². The summed E-state index contributed by atoms with van der Waals surface area (Å²) in [6, 6.07) is 20.0. The zero-order valence-corrected chi connectivity index (χ0v) is 14.4. The molecule has 0 radical (unpaired) electrons. The van der Waals surface area contributed by atoms with Crippen molar-refractivity contribution in [3.8, 4) is 5.75 Å². The zero-order chi connectivity index (χ0) is 17.1. The second kappa shape index (κ2) is 6.88. The fourth-order valence-electron chi connectivity index (χ4n) is 3.13. The molecular weight excluding hydrogens is 296 g/mol. The molecule has 0 amide bonds. The van der Waals surface area contributed by atoms with Gasteiger partial charge in [-0.05, 0) is 52.4 Å². The largest absolute Gasteiger partial charge is 0.426 e. The number of esters is 1. The summed E-state index contributed by atoms with van der Waals surface area (Å²) in [5.74, 6) is 0.843. The molecule has 0 N–H and O–H groups in total. The van der Waals surface area contributed by atoms with Crippen LogP contribution in [0.4, 0.5) is 0 Å². The lowest BCUT2D eigenvalue weighted by atomic mass is 9.98. The summed E-state index contributed by atoms with van der Waals surface area (Å²) in [4.78, 5) is 12.3. The number of aryl methyl sites for hydroxylation is 1. The van der Waals surface area contributed by atoms with E-state index in [2.05, 4.69) is 32.9 Å². The Bertz CT molecular complexity index is 873. The Morgan fingerprint density at radius 2 is 1.75 bits per heavy atom. The highest BCUT2D eigenvalue weighted by molar-refractivity contribution is 5.89. The summed E-state index contributed by atoms with van der Waals surface area (Å²) in [7, 11) is 0. The topological polar surface area (TPSA) is 26.3 Å². The van der Waals surface area contributed by atoms with Crippen LogP contribution >= 0.6 is 0 Å². The van der Waals surface area contributed by atoms with Crippen LogP contribution in [0.3, 0.4) is 0 Å². The van der Waals surface area contributed by atoms with Gasteiger partial charge >= 0.3 is 5.97 Å². The molecule has 0 saturated heterocycles. The minimum atomic E-state index is -0.233. The monoisotopic (exact) mass is 318 g/mol. The first-order valence-corrected chi connectivity index (χ1v) is 8.32. The summed E-state index contributed by atoms with van der Waals surface area (Å²) in [6.45, 7) is 6.38. The molecule has 2 heteroatoms. The van der Waals surface area contributed by atoms with Crippen molar-refractivity contribution in [2.24, 2.45) is 0 Å². The van der Waals surface area contributed by atoms with E-state index >= 15 is 0 Å². The quantitative estimate of drug-likeness (QED) is 0.474. The Labute approximate surface area is 143 Å². The van der Waals surface area contributed by atoms with E-state index < -0.39 is 0 Å². The molecular formula is C22H22O2. The number of carbonyl (C=O) groups is 1. The normalized spacial score (nSPS) is 11.0. The summed E-state index contributed by atoms with van der Waals surface area (Å²) in [6.07, 6.45) is 0.270. The zero-order valence-electron chi connectivity index (χ0n) is 14.4. The molecule has 0 spiro atoms. The van der Waals surface area contributed by atoms with Gasteiger partial charge in [0.2, 0.25) is 0 Å². The first-order valence-electron chi connectivity index (χ1n) is 8.32. The van der Waals surface area contributed by atoms with Gasteiger partial charge < -0.3 is 4.74 Å². The Hall–Kier alpha value is -2.61. The fraction of sp³-hybridized carbons (Fsp3) is 0.227. The van der Waals surface area contributed by atoms with Crippen LogP contribution in [0.5, 0.6) is 5.75 Å². The van der Waals surface area contributed by atoms with Crippen molar-refractivity contribution in [1.82, 2.24) is 0 Å². The van der Waals surface area contributed by atoms with Gasteiger partial charge in [0.05, 0.1) is 6.42 Å². The van der Waals surface area contributed by atoms with Crippen molar-refractivity contribution < 1.29 is 9.53 Å². The van der Waals surface area contributed by atoms with Gasteiger partial charge in [-0.1, -0.05) is 62.4 Å². The SMILES string of the molecule is Cc1cc(OC(=O)Cc2cccc3ccccc23)ccc1C(C)C. The van der Waals surface area contributed by atoms with E-state index in [1.807, 2.05) is 48.5 Å². The molecule has 122 valence electrons. The number of ether oxygens (including phenoxy) is 1. The van der Waals surface area contributed by atoms with Crippen LogP contribution in [-0.4, -0.2) is 5.97 Å². The highest BCUT2D eigenvalue weighted by Crippen LogP contribution is 2.24. The highest BCUT2D eigenvalue weighted by Gasteiger charge is 2.11. The van der Waals surface area contributed by atoms with Gasteiger partial charge in [0.1, 0.15) is 5.75 Å². The standard InChI is InChI=1S/C22H22O2/c1-15(2)20-12-11-19(13-16(20)3)24-22(23)14-18-9-6-8-17-7-4-5-10-21(17)18/h4-13,15H,14H2,1-3H3. The van der Waals surface area contributed by atoms with Crippen LogP contribution in [0, 0.1) is 6.92 Å². The molecule has 3 aromatic carbocycles. The Kier molecular flexibility index (Phi) is 4.66. The van der Waals surface area contributed by atoms with Crippen molar-refractivity contribution in [3.63, 3.8) is 0 Å². The van der Waals surface area contributed by atoms with E-state index in [0.717, 1.165) is 21.9 Å². The van der Waals surface area contributed by atoms with Gasteiger partial charge in [-0.3, -0.25) is 4.79 Å². The third kappa shape index (κ3) is 3.48. The molecule has 0 aliphatic heterocycles. The number of fused-ring (bicyclic) bond motifs is 1. The Morgan fingerprint density at radius 3 is 2.50 bits per heavy atom. The third-order valence-electron chi connectivity index (χ3n) is 4.31. The molecule has 3 aromatic rings. The molecule has 0 fully saturated rings. The molecule has 24 heavy (non-hydrogen) atoms. The first-order chi connectivity index (χ1) is 11.5. The van der Waals surface area contributed by atoms with E-state index in [4.69, 9.17) is 4.74 Å². The molecule has 0 saturated carbocycles. The van der Waals surface area contributed by atoms with E-state index in [1.165, 1.54) is 5.56 Å². The minimum absolute atomic E-state index is 0.233. The smallest absolute Gasteiger partial charge is 0.315 e. The van der Waals surface area contributed by atoms with Crippen molar-refractivity contribution in [3.05, 3.63) is 77.4 Å². The Balaban J connectivity index is 1.77. The third-order valence-corrected chi connectivity index (χ3v) is 4.31. The van der Waals surface area contributed by atoms with Crippen LogP contribution in [0.2, 0.25) is 0 Å². The summed E-state index contributed by atoms with van der Waals surface area (Å²) >= 11 is 0. The average molecular weight is 318 g/mol. The number of hydrogen-bond acceptors (Lipinski definition) is 2.